The van der Waals surface area contributed by atoms with Crippen molar-refractivity contribution in [1.82, 2.24) is 0 Å². The van der Waals surface area contributed by atoms with Crippen LogP contribution >= 0.6 is 11.3 Å². The lowest BCUT2D eigenvalue weighted by Gasteiger charge is -2.08. The largest absolute Gasteiger partial charge is 0.454 e. The Hall–Kier alpha value is -2.14. The van der Waals surface area contributed by atoms with E-state index in [4.69, 9.17) is 4.74 Å². The molecule has 0 saturated heterocycles. The van der Waals surface area contributed by atoms with E-state index in [9.17, 15) is 9.59 Å². The number of nitrogens with one attached hydrogen (secondary N) is 1. The van der Waals surface area contributed by atoms with Crippen molar-refractivity contribution in [3.8, 4) is 0 Å². The van der Waals surface area contributed by atoms with Crippen LogP contribution in [0, 0.1) is 0 Å². The maximum atomic E-state index is 11.9. The summed E-state index contributed by atoms with van der Waals surface area (Å²) in [5.74, 6) is -0.694. The molecule has 5 heteroatoms. The van der Waals surface area contributed by atoms with Gasteiger partial charge in [0.05, 0.1) is 10.4 Å². The summed E-state index contributed by atoms with van der Waals surface area (Å²) in [4.78, 5) is 24.2. The van der Waals surface area contributed by atoms with Crippen molar-refractivity contribution < 1.29 is 14.3 Å². The maximum Gasteiger partial charge on any atom is 0.340 e. The third kappa shape index (κ3) is 3.20. The van der Waals surface area contributed by atoms with Crippen LogP contribution in [0.4, 0.5) is 5.69 Å². The highest BCUT2D eigenvalue weighted by Gasteiger charge is 2.14. The topological polar surface area (TPSA) is 55.4 Å². The minimum atomic E-state index is -0.505. The van der Waals surface area contributed by atoms with Gasteiger partial charge >= 0.3 is 5.97 Å². The van der Waals surface area contributed by atoms with E-state index < -0.39 is 5.97 Å². The van der Waals surface area contributed by atoms with E-state index in [1.165, 1.54) is 11.3 Å². The summed E-state index contributed by atoms with van der Waals surface area (Å²) in [5.41, 5.74) is 1.10. The van der Waals surface area contributed by atoms with Crippen molar-refractivity contribution in [2.75, 3.05) is 19.0 Å². The van der Waals surface area contributed by atoms with E-state index in [2.05, 4.69) is 5.32 Å². The fraction of sp³-hybridized carbons (Fsp3) is 0.143. The molecule has 0 aliphatic rings. The Morgan fingerprint density at radius 1 is 1.21 bits per heavy atom. The molecule has 0 spiro atoms. The third-order valence-corrected chi connectivity index (χ3v) is 3.46. The van der Waals surface area contributed by atoms with Gasteiger partial charge in [-0.05, 0) is 23.6 Å². The van der Waals surface area contributed by atoms with Crippen LogP contribution < -0.4 is 5.32 Å². The Bertz CT molecular complexity index is 578. The van der Waals surface area contributed by atoms with Crippen LogP contribution in [0.3, 0.4) is 0 Å². The van der Waals surface area contributed by atoms with Gasteiger partial charge in [-0.1, -0.05) is 18.2 Å². The van der Waals surface area contributed by atoms with Gasteiger partial charge in [0.2, 0.25) is 5.78 Å². The average Bonchev–Trinajstić information content (AvgIpc) is 2.98. The molecule has 0 fully saturated rings. The first-order valence-electron chi connectivity index (χ1n) is 5.73. The van der Waals surface area contributed by atoms with Gasteiger partial charge in [-0.2, -0.15) is 0 Å². The number of ketones is 1. The van der Waals surface area contributed by atoms with Crippen molar-refractivity contribution in [3.05, 3.63) is 52.2 Å². The average molecular weight is 275 g/mol. The van der Waals surface area contributed by atoms with E-state index in [1.807, 2.05) is 11.4 Å². The highest BCUT2D eigenvalue weighted by molar-refractivity contribution is 7.12. The maximum absolute atomic E-state index is 11.9. The summed E-state index contributed by atoms with van der Waals surface area (Å²) in [5, 5.41) is 4.72. The second kappa shape index (κ2) is 6.15. The Morgan fingerprint density at radius 2 is 2.00 bits per heavy atom. The second-order valence-electron chi connectivity index (χ2n) is 3.77. The number of anilines is 1. The summed E-state index contributed by atoms with van der Waals surface area (Å²) in [6.45, 7) is -0.239. The van der Waals surface area contributed by atoms with Crippen molar-refractivity contribution in [1.29, 1.82) is 0 Å². The van der Waals surface area contributed by atoms with Crippen LogP contribution in [-0.2, 0) is 4.74 Å². The molecular formula is C14H13NO3S. The smallest absolute Gasteiger partial charge is 0.340 e. The van der Waals surface area contributed by atoms with Gasteiger partial charge in [-0.3, -0.25) is 4.79 Å². The monoisotopic (exact) mass is 275 g/mol. The van der Waals surface area contributed by atoms with E-state index in [-0.39, 0.29) is 12.4 Å². The lowest BCUT2D eigenvalue weighted by molar-refractivity contribution is 0.0477. The minimum absolute atomic E-state index is 0.190. The van der Waals surface area contributed by atoms with Crippen LogP contribution in [0.2, 0.25) is 0 Å². The SMILES string of the molecule is CNc1ccccc1C(=O)OCC(=O)c1cccs1. The molecule has 98 valence electrons. The molecule has 1 aromatic carbocycles. The number of Topliss-reactive ketones (excluding diaryl/α,β-unsaturated/α-hetero) is 1. The molecule has 0 aliphatic carbocycles. The summed E-state index contributed by atoms with van der Waals surface area (Å²) >= 11 is 1.33. The number of esters is 1. The molecule has 2 rings (SSSR count). The first-order chi connectivity index (χ1) is 9.22. The predicted molar refractivity (Wildman–Crippen MR) is 74.9 cm³/mol. The first-order valence-corrected chi connectivity index (χ1v) is 6.61. The molecule has 0 bridgehead atoms. The molecule has 0 atom stereocenters. The van der Waals surface area contributed by atoms with Gasteiger partial charge < -0.3 is 10.1 Å². The van der Waals surface area contributed by atoms with Gasteiger partial charge in [-0.25, -0.2) is 4.79 Å². The zero-order valence-corrected chi connectivity index (χ0v) is 11.2. The number of thiophene rings is 1. The van der Waals surface area contributed by atoms with Crippen LogP contribution in [0.1, 0.15) is 20.0 Å². The molecule has 0 saturated carbocycles. The predicted octanol–water partition coefficient (Wildman–Crippen LogP) is 2.83. The van der Waals surface area contributed by atoms with Gasteiger partial charge in [0.25, 0.3) is 0 Å². The van der Waals surface area contributed by atoms with Gasteiger partial charge in [0.1, 0.15) is 0 Å². The van der Waals surface area contributed by atoms with E-state index >= 15 is 0 Å². The summed E-state index contributed by atoms with van der Waals surface area (Å²) in [6.07, 6.45) is 0. The summed E-state index contributed by atoms with van der Waals surface area (Å²) in [6, 6.07) is 10.5. The molecule has 2 aromatic rings. The van der Waals surface area contributed by atoms with E-state index in [1.54, 1.807) is 37.4 Å². The number of rotatable bonds is 5. The fourth-order valence-corrected chi connectivity index (χ4v) is 2.25. The van der Waals surface area contributed by atoms with Crippen molar-refractivity contribution in [3.63, 3.8) is 0 Å². The number of hydrogen-bond acceptors (Lipinski definition) is 5. The molecule has 0 radical (unpaired) electrons. The Kier molecular flexibility index (Phi) is 4.30. The van der Waals surface area contributed by atoms with Gasteiger partial charge in [0.15, 0.2) is 6.61 Å². The minimum Gasteiger partial charge on any atom is -0.454 e. The van der Waals surface area contributed by atoms with Crippen molar-refractivity contribution in [2.24, 2.45) is 0 Å². The molecule has 0 aliphatic heterocycles. The van der Waals surface area contributed by atoms with E-state index in [0.717, 1.165) is 0 Å². The standard InChI is InChI=1S/C14H13NO3S/c1-15-11-6-3-2-5-10(11)14(17)18-9-12(16)13-7-4-8-19-13/h2-8,15H,9H2,1H3. The number of carbonyl (C=O) groups excluding carboxylic acids is 2. The molecule has 1 N–H and O–H groups in total. The van der Waals surface area contributed by atoms with Gasteiger partial charge in [-0.15, -0.1) is 11.3 Å². The quantitative estimate of drug-likeness (QED) is 0.673. The molecular weight excluding hydrogens is 262 g/mol. The van der Waals surface area contributed by atoms with Crippen LogP contribution in [0.25, 0.3) is 0 Å². The lowest BCUT2D eigenvalue weighted by Crippen LogP contribution is -2.14. The number of hydrogen-bond donors (Lipinski definition) is 1. The molecule has 19 heavy (non-hydrogen) atoms. The number of ether oxygens (including phenoxy) is 1. The third-order valence-electron chi connectivity index (χ3n) is 2.55. The highest BCUT2D eigenvalue weighted by atomic mass is 32.1. The zero-order valence-electron chi connectivity index (χ0n) is 10.4. The van der Waals surface area contributed by atoms with Gasteiger partial charge in [0, 0.05) is 12.7 Å². The molecule has 0 unspecified atom stereocenters. The second-order valence-corrected chi connectivity index (χ2v) is 4.72. The van der Waals surface area contributed by atoms with Crippen molar-refractivity contribution in [2.45, 2.75) is 0 Å². The highest BCUT2D eigenvalue weighted by Crippen LogP contribution is 2.16. The molecule has 1 heterocycles. The Labute approximate surface area is 115 Å². The number of carbonyl (C=O) groups is 2. The molecule has 1 aromatic heterocycles. The van der Waals surface area contributed by atoms with Crippen LogP contribution in [-0.4, -0.2) is 25.4 Å². The normalized spacial score (nSPS) is 9.95. The molecule has 4 nitrogen and oxygen atoms in total. The Morgan fingerprint density at radius 3 is 2.68 bits per heavy atom. The lowest BCUT2D eigenvalue weighted by atomic mass is 10.2. The number of benzene rings is 1. The Balaban J connectivity index is 2.00. The molecule has 0 amide bonds. The summed E-state index contributed by atoms with van der Waals surface area (Å²) < 4.78 is 5.03. The fourth-order valence-electron chi connectivity index (χ4n) is 1.60. The first kappa shape index (κ1) is 13.3. The van der Waals surface area contributed by atoms with Crippen LogP contribution in [0.15, 0.2) is 41.8 Å². The van der Waals surface area contributed by atoms with Crippen LogP contribution in [0.5, 0.6) is 0 Å². The summed E-state index contributed by atoms with van der Waals surface area (Å²) in [7, 11) is 1.73. The zero-order chi connectivity index (χ0) is 13.7. The van der Waals surface area contributed by atoms with E-state index in [0.29, 0.717) is 16.1 Å². The van der Waals surface area contributed by atoms with Crippen molar-refractivity contribution >= 4 is 28.8 Å². The number of para-hydroxylation sites is 1.